The van der Waals surface area contributed by atoms with Gasteiger partial charge in [-0.1, -0.05) is 46.8 Å². The van der Waals surface area contributed by atoms with Gasteiger partial charge in [0, 0.05) is 11.1 Å². The quantitative estimate of drug-likeness (QED) is 0.327. The van der Waals surface area contributed by atoms with Crippen molar-refractivity contribution in [2.24, 2.45) is 0 Å². The number of hydrogen-bond acceptors (Lipinski definition) is 9. The van der Waals surface area contributed by atoms with E-state index in [1.807, 2.05) is 0 Å². The normalized spacial score (nSPS) is 13.2. The lowest BCUT2D eigenvalue weighted by Gasteiger charge is -2.07. The maximum Gasteiger partial charge on any atom is 0.284 e. The van der Waals surface area contributed by atoms with E-state index in [2.05, 4.69) is 20.6 Å². The lowest BCUT2D eigenvalue weighted by Crippen LogP contribution is -2.15. The summed E-state index contributed by atoms with van der Waals surface area (Å²) >= 11 is 0. The standard InChI is InChI=1S/C25H14N6O5S2/c32-25-19-13-15(37(33,34)30-23-7-3-1-5-21(23)26-28-30)9-11-17(19)18-12-10-16(14-20(18)25)38(35,36)31-24-8-4-2-6-22(24)27-29-31/h1-14H. The van der Waals surface area contributed by atoms with Gasteiger partial charge in [-0.2, -0.15) is 16.8 Å². The zero-order valence-corrected chi connectivity index (χ0v) is 20.8. The molecule has 2 aromatic heterocycles. The Bertz CT molecular complexity index is 2040. The van der Waals surface area contributed by atoms with Gasteiger partial charge in [-0.05, 0) is 59.7 Å². The molecule has 38 heavy (non-hydrogen) atoms. The number of nitrogens with zero attached hydrogens (tertiary/aromatic N) is 6. The van der Waals surface area contributed by atoms with Crippen LogP contribution in [0.3, 0.4) is 0 Å². The van der Waals surface area contributed by atoms with E-state index in [-0.39, 0.29) is 20.9 Å². The van der Waals surface area contributed by atoms with Gasteiger partial charge in [0.1, 0.15) is 22.1 Å². The van der Waals surface area contributed by atoms with Crippen molar-refractivity contribution in [3.05, 3.63) is 96.1 Å². The number of rotatable bonds is 4. The van der Waals surface area contributed by atoms with Crippen LogP contribution in [0.1, 0.15) is 15.9 Å². The van der Waals surface area contributed by atoms with Crippen molar-refractivity contribution >= 4 is 47.9 Å². The molecule has 1 aliphatic rings. The lowest BCUT2D eigenvalue weighted by molar-refractivity contribution is 0.104. The Morgan fingerprint density at radius 3 is 1.39 bits per heavy atom. The monoisotopic (exact) mass is 542 g/mol. The molecule has 13 heteroatoms. The lowest BCUT2D eigenvalue weighted by atomic mass is 10.1. The summed E-state index contributed by atoms with van der Waals surface area (Å²) in [6, 6.07) is 21.7. The molecule has 0 bridgehead atoms. The maximum atomic E-state index is 13.4. The van der Waals surface area contributed by atoms with Gasteiger partial charge in [0.15, 0.2) is 5.78 Å². The van der Waals surface area contributed by atoms with Crippen LogP contribution < -0.4 is 0 Å². The molecule has 2 heterocycles. The minimum atomic E-state index is -4.16. The molecule has 1 aliphatic carbocycles. The zero-order valence-electron chi connectivity index (χ0n) is 19.1. The molecule has 11 nitrogen and oxygen atoms in total. The summed E-state index contributed by atoms with van der Waals surface area (Å²) in [4.78, 5) is 13.1. The van der Waals surface area contributed by atoms with Crippen LogP contribution in [0.2, 0.25) is 0 Å². The second kappa shape index (κ2) is 7.63. The van der Waals surface area contributed by atoms with Gasteiger partial charge in [-0.3, -0.25) is 4.79 Å². The highest BCUT2D eigenvalue weighted by atomic mass is 32.2. The SMILES string of the molecule is O=C1c2cc(S(=O)(=O)n3nnc4ccccc43)ccc2-c2ccc(S(=O)(=O)n3nnc4ccccc43)cc21. The van der Waals surface area contributed by atoms with Crippen molar-refractivity contribution in [1.82, 2.24) is 28.8 Å². The molecule has 0 atom stereocenters. The van der Waals surface area contributed by atoms with E-state index >= 15 is 0 Å². The smallest absolute Gasteiger partial charge is 0.284 e. The van der Waals surface area contributed by atoms with Gasteiger partial charge in [-0.25, -0.2) is 0 Å². The van der Waals surface area contributed by atoms with Crippen LogP contribution in [0.4, 0.5) is 0 Å². The molecule has 7 rings (SSSR count). The fourth-order valence-corrected chi connectivity index (χ4v) is 7.11. The van der Waals surface area contributed by atoms with Gasteiger partial charge < -0.3 is 0 Å². The van der Waals surface area contributed by atoms with Gasteiger partial charge in [-0.15, -0.1) is 18.4 Å². The molecule has 0 saturated carbocycles. The summed E-state index contributed by atoms with van der Waals surface area (Å²) in [7, 11) is -8.32. The van der Waals surface area contributed by atoms with E-state index in [1.54, 1.807) is 48.5 Å². The van der Waals surface area contributed by atoms with E-state index in [0.29, 0.717) is 33.2 Å². The van der Waals surface area contributed by atoms with Gasteiger partial charge in [0.05, 0.1) is 9.79 Å². The fourth-order valence-electron chi connectivity index (χ4n) is 4.61. The number of carbonyl (C=O) groups is 1. The van der Waals surface area contributed by atoms with Crippen LogP contribution in [-0.4, -0.2) is 51.4 Å². The highest BCUT2D eigenvalue weighted by molar-refractivity contribution is 7.90. The Kier molecular flexibility index (Phi) is 4.51. The van der Waals surface area contributed by atoms with Crippen molar-refractivity contribution in [2.45, 2.75) is 9.79 Å². The van der Waals surface area contributed by atoms with Crippen molar-refractivity contribution in [3.8, 4) is 11.1 Å². The molecule has 0 amide bonds. The third kappa shape index (κ3) is 3.02. The van der Waals surface area contributed by atoms with Crippen LogP contribution >= 0.6 is 0 Å². The van der Waals surface area contributed by atoms with E-state index in [9.17, 15) is 21.6 Å². The van der Waals surface area contributed by atoms with E-state index < -0.39 is 25.8 Å². The first-order valence-corrected chi connectivity index (χ1v) is 14.1. The molecular formula is C25H14N6O5S2. The largest absolute Gasteiger partial charge is 0.289 e. The summed E-state index contributed by atoms with van der Waals surface area (Å²) in [5.74, 6) is -0.490. The molecule has 0 saturated heterocycles. The Labute approximate surface area is 215 Å². The molecule has 0 spiro atoms. The van der Waals surface area contributed by atoms with Gasteiger partial charge in [0.2, 0.25) is 0 Å². The number of carbonyl (C=O) groups excluding carboxylic acids is 1. The summed E-state index contributed by atoms with van der Waals surface area (Å²) in [5.41, 5.74) is 2.73. The minimum absolute atomic E-state index is 0.144. The molecule has 0 N–H and O–H groups in total. The predicted molar refractivity (Wildman–Crippen MR) is 136 cm³/mol. The maximum absolute atomic E-state index is 13.4. The first-order valence-electron chi connectivity index (χ1n) is 11.2. The van der Waals surface area contributed by atoms with Crippen molar-refractivity contribution in [3.63, 3.8) is 0 Å². The molecule has 6 aromatic rings. The zero-order chi connectivity index (χ0) is 26.2. The van der Waals surface area contributed by atoms with E-state index in [4.69, 9.17) is 0 Å². The van der Waals surface area contributed by atoms with Crippen LogP contribution in [0.5, 0.6) is 0 Å². The second-order valence-corrected chi connectivity index (χ2v) is 12.1. The topological polar surface area (TPSA) is 147 Å². The first kappa shape index (κ1) is 22.4. The van der Waals surface area contributed by atoms with Crippen LogP contribution in [-0.2, 0) is 20.0 Å². The number of ketones is 1. The Hall–Kier alpha value is -4.75. The van der Waals surface area contributed by atoms with E-state index in [0.717, 1.165) is 8.17 Å². The number of para-hydroxylation sites is 2. The molecule has 0 aliphatic heterocycles. The molecular weight excluding hydrogens is 528 g/mol. The summed E-state index contributed by atoms with van der Waals surface area (Å²) in [6.07, 6.45) is 0. The molecule has 4 aromatic carbocycles. The van der Waals surface area contributed by atoms with Crippen LogP contribution in [0.15, 0.2) is 94.7 Å². The number of aromatic nitrogens is 6. The number of hydrogen-bond donors (Lipinski definition) is 0. The molecule has 186 valence electrons. The second-order valence-electron chi connectivity index (χ2n) is 8.60. The first-order chi connectivity index (χ1) is 18.3. The molecule has 0 unspecified atom stereocenters. The summed E-state index contributed by atoms with van der Waals surface area (Å²) in [6.45, 7) is 0. The highest BCUT2D eigenvalue weighted by Gasteiger charge is 2.32. The van der Waals surface area contributed by atoms with Gasteiger partial charge in [0.25, 0.3) is 20.0 Å². The average molecular weight is 543 g/mol. The third-order valence-electron chi connectivity index (χ3n) is 6.46. The van der Waals surface area contributed by atoms with E-state index in [1.165, 1.54) is 36.4 Å². The Morgan fingerprint density at radius 1 is 0.526 bits per heavy atom. The van der Waals surface area contributed by atoms with Crippen molar-refractivity contribution in [1.29, 1.82) is 0 Å². The summed E-state index contributed by atoms with van der Waals surface area (Å²) < 4.78 is 55.1. The number of benzene rings is 4. The average Bonchev–Trinajstić information content (AvgIpc) is 3.63. The Balaban J connectivity index is 1.31. The predicted octanol–water partition coefficient (Wildman–Crippen LogP) is 2.86. The summed E-state index contributed by atoms with van der Waals surface area (Å²) in [5, 5.41) is 15.4. The van der Waals surface area contributed by atoms with Crippen LogP contribution in [0.25, 0.3) is 33.2 Å². The highest BCUT2D eigenvalue weighted by Crippen LogP contribution is 2.39. The minimum Gasteiger partial charge on any atom is -0.289 e. The third-order valence-corrected chi connectivity index (χ3v) is 9.61. The van der Waals surface area contributed by atoms with Gasteiger partial charge >= 0.3 is 0 Å². The van der Waals surface area contributed by atoms with Crippen molar-refractivity contribution in [2.75, 3.05) is 0 Å². The fraction of sp³-hybridized carbons (Fsp3) is 0. The van der Waals surface area contributed by atoms with Crippen molar-refractivity contribution < 1.29 is 21.6 Å². The molecule has 0 fully saturated rings. The molecule has 0 radical (unpaired) electrons. The Morgan fingerprint density at radius 2 is 0.947 bits per heavy atom. The van der Waals surface area contributed by atoms with Crippen LogP contribution in [0, 0.1) is 0 Å². The number of fused-ring (bicyclic) bond motifs is 5.